The van der Waals surface area contributed by atoms with Crippen LogP contribution in [0.5, 0.6) is 0 Å². The zero-order chi connectivity index (χ0) is 10.1. The third kappa shape index (κ3) is 8.48. The van der Waals surface area contributed by atoms with Crippen molar-refractivity contribution < 1.29 is 14.2 Å². The summed E-state index contributed by atoms with van der Waals surface area (Å²) in [7, 11) is 0. The lowest BCUT2D eigenvalue weighted by atomic mass is 10.4. The molecule has 0 bridgehead atoms. The van der Waals surface area contributed by atoms with E-state index in [1.54, 1.807) is 0 Å². The predicted molar refractivity (Wildman–Crippen MR) is 55.5 cm³/mol. The van der Waals surface area contributed by atoms with E-state index in [2.05, 4.69) is 6.92 Å². The van der Waals surface area contributed by atoms with Crippen LogP contribution < -0.4 is 0 Å². The second kappa shape index (κ2) is 8.21. The molecular weight excluding hydrogens is 180 g/mol. The summed E-state index contributed by atoms with van der Waals surface area (Å²) in [6, 6.07) is 0. The first-order valence-corrected chi connectivity index (χ1v) is 5.66. The quantitative estimate of drug-likeness (QED) is 0.563. The van der Waals surface area contributed by atoms with Gasteiger partial charge in [0, 0.05) is 26.4 Å². The fraction of sp³-hybridized carbons (Fsp3) is 1.00. The highest BCUT2D eigenvalue weighted by atomic mass is 16.6. The van der Waals surface area contributed by atoms with Crippen LogP contribution in [0, 0.1) is 0 Å². The lowest BCUT2D eigenvalue weighted by Crippen LogP contribution is -1.74. The first-order valence-electron chi connectivity index (χ1n) is 5.66. The minimum absolute atomic E-state index is 0.583. The number of rotatable bonds is 0. The predicted octanol–water partition coefficient (Wildman–Crippen LogP) is 2.00. The molecule has 3 fully saturated rings. The van der Waals surface area contributed by atoms with Crippen LogP contribution >= 0.6 is 0 Å². The minimum Gasteiger partial charge on any atom is -0.381 e. The summed E-state index contributed by atoms with van der Waals surface area (Å²) in [5, 5.41) is 0. The average molecular weight is 202 g/mol. The van der Waals surface area contributed by atoms with Crippen molar-refractivity contribution in [1.82, 2.24) is 0 Å². The van der Waals surface area contributed by atoms with Crippen LogP contribution in [0.1, 0.15) is 32.6 Å². The van der Waals surface area contributed by atoms with Crippen LogP contribution in [-0.2, 0) is 14.2 Å². The summed E-state index contributed by atoms with van der Waals surface area (Å²) in [6.45, 7) is 7.04. The maximum Gasteiger partial charge on any atom is 0.0781 e. The van der Waals surface area contributed by atoms with E-state index < -0.39 is 0 Å². The largest absolute Gasteiger partial charge is 0.381 e. The molecule has 0 N–H and O–H groups in total. The van der Waals surface area contributed by atoms with Gasteiger partial charge in [-0.3, -0.25) is 0 Å². The average Bonchev–Trinajstić information content (AvgIpc) is 2.82. The van der Waals surface area contributed by atoms with Crippen LogP contribution in [0.15, 0.2) is 0 Å². The second-order valence-electron chi connectivity index (χ2n) is 3.78. The van der Waals surface area contributed by atoms with Crippen LogP contribution in [-0.4, -0.2) is 39.1 Å². The molecule has 84 valence electrons. The minimum atomic E-state index is 0.583. The SMILES string of the molecule is C1CCOC1.C1CCOC1.CC1CO1. The molecule has 0 spiro atoms. The number of epoxide rings is 1. The second-order valence-corrected chi connectivity index (χ2v) is 3.78. The van der Waals surface area contributed by atoms with Gasteiger partial charge in [-0.05, 0) is 32.6 Å². The van der Waals surface area contributed by atoms with Gasteiger partial charge in [-0.25, -0.2) is 0 Å². The van der Waals surface area contributed by atoms with E-state index in [0.29, 0.717) is 6.10 Å². The van der Waals surface area contributed by atoms with Gasteiger partial charge >= 0.3 is 0 Å². The van der Waals surface area contributed by atoms with Gasteiger partial charge in [0.25, 0.3) is 0 Å². The highest BCUT2D eigenvalue weighted by Gasteiger charge is 2.13. The van der Waals surface area contributed by atoms with E-state index >= 15 is 0 Å². The molecule has 0 aliphatic carbocycles. The fourth-order valence-corrected chi connectivity index (χ4v) is 1.12. The van der Waals surface area contributed by atoms with Gasteiger partial charge in [0.1, 0.15) is 0 Å². The van der Waals surface area contributed by atoms with Gasteiger partial charge < -0.3 is 14.2 Å². The molecule has 1 atom stereocenters. The number of ether oxygens (including phenoxy) is 3. The van der Waals surface area contributed by atoms with E-state index in [1.165, 1.54) is 25.7 Å². The van der Waals surface area contributed by atoms with E-state index in [-0.39, 0.29) is 0 Å². The van der Waals surface area contributed by atoms with Crippen molar-refractivity contribution in [2.24, 2.45) is 0 Å². The third-order valence-electron chi connectivity index (χ3n) is 2.15. The van der Waals surface area contributed by atoms with Crippen molar-refractivity contribution in [2.75, 3.05) is 33.0 Å². The molecule has 0 saturated carbocycles. The normalized spacial score (nSPS) is 28.5. The summed E-state index contributed by atoms with van der Waals surface area (Å²) in [5.41, 5.74) is 0. The zero-order valence-electron chi connectivity index (χ0n) is 9.17. The Balaban J connectivity index is 0.000000106. The molecule has 3 aliphatic rings. The van der Waals surface area contributed by atoms with Crippen molar-refractivity contribution in [3.05, 3.63) is 0 Å². The summed E-state index contributed by atoms with van der Waals surface area (Å²) < 4.78 is 14.6. The Kier molecular flexibility index (Phi) is 7.01. The van der Waals surface area contributed by atoms with Crippen molar-refractivity contribution in [3.63, 3.8) is 0 Å². The molecule has 0 amide bonds. The van der Waals surface area contributed by atoms with Gasteiger partial charge in [-0.15, -0.1) is 0 Å². The fourth-order valence-electron chi connectivity index (χ4n) is 1.12. The first-order chi connectivity index (χ1) is 6.89. The first kappa shape index (κ1) is 12.0. The molecule has 1 unspecified atom stereocenters. The maximum absolute atomic E-state index is 4.94. The van der Waals surface area contributed by atoms with Gasteiger partial charge in [0.05, 0.1) is 12.7 Å². The van der Waals surface area contributed by atoms with Crippen molar-refractivity contribution in [3.8, 4) is 0 Å². The molecule has 3 heteroatoms. The molecule has 14 heavy (non-hydrogen) atoms. The van der Waals surface area contributed by atoms with Crippen molar-refractivity contribution in [2.45, 2.75) is 38.7 Å². The molecule has 0 aromatic carbocycles. The third-order valence-corrected chi connectivity index (χ3v) is 2.15. The van der Waals surface area contributed by atoms with Gasteiger partial charge in [0.15, 0.2) is 0 Å². The van der Waals surface area contributed by atoms with Gasteiger partial charge in [0.2, 0.25) is 0 Å². The highest BCUT2D eigenvalue weighted by molar-refractivity contribution is 4.58. The molecule has 0 radical (unpaired) electrons. The molecule has 3 nitrogen and oxygen atoms in total. The van der Waals surface area contributed by atoms with E-state index in [0.717, 1.165) is 33.0 Å². The molecule has 3 rings (SSSR count). The summed E-state index contributed by atoms with van der Waals surface area (Å²) >= 11 is 0. The zero-order valence-corrected chi connectivity index (χ0v) is 9.17. The summed E-state index contributed by atoms with van der Waals surface area (Å²) in [4.78, 5) is 0. The maximum atomic E-state index is 4.94. The highest BCUT2D eigenvalue weighted by Crippen LogP contribution is 2.04. The standard InChI is InChI=1S/2C4H8O.C3H6O/c2*1-2-4-5-3-1;1-3-2-4-3/h2*1-4H2;3H,2H2,1H3. The van der Waals surface area contributed by atoms with Crippen LogP contribution in [0.3, 0.4) is 0 Å². The van der Waals surface area contributed by atoms with E-state index in [1.807, 2.05) is 0 Å². The molecule has 3 heterocycles. The topological polar surface area (TPSA) is 31.0 Å². The Morgan fingerprint density at radius 2 is 1.07 bits per heavy atom. The van der Waals surface area contributed by atoms with Crippen molar-refractivity contribution >= 4 is 0 Å². The Morgan fingerprint density at radius 1 is 0.786 bits per heavy atom. The van der Waals surface area contributed by atoms with Crippen LogP contribution in [0.2, 0.25) is 0 Å². The van der Waals surface area contributed by atoms with E-state index in [4.69, 9.17) is 14.2 Å². The number of hydrogen-bond acceptors (Lipinski definition) is 3. The Morgan fingerprint density at radius 3 is 1.14 bits per heavy atom. The summed E-state index contributed by atoms with van der Waals surface area (Å²) in [6.07, 6.45) is 5.69. The van der Waals surface area contributed by atoms with Crippen LogP contribution in [0.4, 0.5) is 0 Å². The molecule has 0 aromatic rings. The van der Waals surface area contributed by atoms with Crippen LogP contribution in [0.25, 0.3) is 0 Å². The summed E-state index contributed by atoms with van der Waals surface area (Å²) in [5.74, 6) is 0. The van der Waals surface area contributed by atoms with E-state index in [9.17, 15) is 0 Å². The Bertz CT molecular complexity index is 90.5. The lowest BCUT2D eigenvalue weighted by molar-refractivity contribution is 0.198. The molecule has 3 aliphatic heterocycles. The smallest absolute Gasteiger partial charge is 0.0781 e. The van der Waals surface area contributed by atoms with Gasteiger partial charge in [-0.2, -0.15) is 0 Å². The molecule has 3 saturated heterocycles. The monoisotopic (exact) mass is 202 g/mol. The van der Waals surface area contributed by atoms with Crippen molar-refractivity contribution in [1.29, 1.82) is 0 Å². The molecular formula is C11H22O3. The Hall–Kier alpha value is -0.120. The number of hydrogen-bond donors (Lipinski definition) is 0. The lowest BCUT2D eigenvalue weighted by Gasteiger charge is -1.76. The van der Waals surface area contributed by atoms with Gasteiger partial charge in [-0.1, -0.05) is 0 Å². The Labute approximate surface area is 86.7 Å². The molecule has 0 aromatic heterocycles.